The summed E-state index contributed by atoms with van der Waals surface area (Å²) in [5.41, 5.74) is 8.03. The van der Waals surface area contributed by atoms with E-state index < -0.39 is 5.97 Å². The number of nitrogens with two attached hydrogens (primary N) is 1. The van der Waals surface area contributed by atoms with Crippen molar-refractivity contribution in [2.24, 2.45) is 17.6 Å². The molecule has 1 amide bonds. The summed E-state index contributed by atoms with van der Waals surface area (Å²) < 4.78 is 0. The van der Waals surface area contributed by atoms with Crippen LogP contribution in [0.3, 0.4) is 0 Å². The third-order valence-corrected chi connectivity index (χ3v) is 7.48. The van der Waals surface area contributed by atoms with Crippen LogP contribution in [0.15, 0.2) is 24.3 Å². The number of hydrogen-bond donors (Lipinski definition) is 2. The number of fused-ring (bicyclic) bond motifs is 1. The Morgan fingerprint density at radius 1 is 0.935 bits per heavy atom. The zero-order valence-electron chi connectivity index (χ0n) is 19.1. The smallest absolute Gasteiger partial charge is 0.303 e. The van der Waals surface area contributed by atoms with Crippen LogP contribution in [0.25, 0.3) is 0 Å². The number of amides is 1. The molecule has 0 radical (unpaired) electrons. The molecule has 1 aromatic rings. The summed E-state index contributed by atoms with van der Waals surface area (Å²) in [7, 11) is 0. The fraction of sp³-hybridized carbons (Fsp3) is 0.692. The number of para-hydroxylation sites is 1. The lowest BCUT2D eigenvalue weighted by atomic mass is 9.72. The van der Waals surface area contributed by atoms with Gasteiger partial charge in [-0.2, -0.15) is 0 Å². The van der Waals surface area contributed by atoms with Crippen LogP contribution >= 0.6 is 0 Å². The minimum atomic E-state index is -0.929. The molecule has 4 rings (SSSR count). The Morgan fingerprint density at radius 3 is 2.26 bits per heavy atom. The molecule has 31 heavy (non-hydrogen) atoms. The van der Waals surface area contributed by atoms with E-state index in [0.717, 1.165) is 30.4 Å². The molecular formula is C26H40N2O3. The first-order valence-electron chi connectivity index (χ1n) is 12.3. The Balaban J connectivity index is 0.000000185. The van der Waals surface area contributed by atoms with Crippen LogP contribution in [0.1, 0.15) is 89.5 Å². The molecule has 5 heteroatoms. The second-order valence-corrected chi connectivity index (χ2v) is 9.75. The normalized spacial score (nSPS) is 26.4. The van der Waals surface area contributed by atoms with Gasteiger partial charge in [0, 0.05) is 24.2 Å². The van der Waals surface area contributed by atoms with E-state index in [2.05, 4.69) is 0 Å². The highest BCUT2D eigenvalue weighted by Gasteiger charge is 2.28. The van der Waals surface area contributed by atoms with Gasteiger partial charge >= 0.3 is 5.97 Å². The summed E-state index contributed by atoms with van der Waals surface area (Å²) in [6.45, 7) is 2.01. The number of hydrogen-bond acceptors (Lipinski definition) is 3. The standard InChI is InChI=1S/C14H17NO3.C12H23N/c1-10-6-7-11-4-2-3-5-12(11)15(10)13(16)8-9-14(17)18;13-12-8-6-11(7-9-12)10-4-2-1-3-5-10/h2-5,10H,6-9H2,1H3,(H,17,18);10-12H,1-9,13H2. The monoisotopic (exact) mass is 428 g/mol. The van der Waals surface area contributed by atoms with Crippen LogP contribution in [0, 0.1) is 11.8 Å². The highest BCUT2D eigenvalue weighted by molar-refractivity contribution is 5.96. The zero-order chi connectivity index (χ0) is 22.2. The molecule has 1 heterocycles. The van der Waals surface area contributed by atoms with E-state index in [1.165, 1.54) is 63.4 Å². The van der Waals surface area contributed by atoms with Gasteiger partial charge in [-0.15, -0.1) is 0 Å². The summed E-state index contributed by atoms with van der Waals surface area (Å²) >= 11 is 0. The molecule has 172 valence electrons. The van der Waals surface area contributed by atoms with Gasteiger partial charge in [-0.05, 0) is 68.9 Å². The predicted octanol–water partition coefficient (Wildman–Crippen LogP) is 5.30. The van der Waals surface area contributed by atoms with Crippen molar-refractivity contribution in [3.05, 3.63) is 29.8 Å². The lowest BCUT2D eigenvalue weighted by molar-refractivity contribution is -0.138. The molecule has 2 saturated carbocycles. The van der Waals surface area contributed by atoms with Crippen molar-refractivity contribution >= 4 is 17.6 Å². The molecule has 2 fully saturated rings. The summed E-state index contributed by atoms with van der Waals surface area (Å²) in [6.07, 6.45) is 14.8. The minimum absolute atomic E-state index is 0.0635. The molecule has 1 aromatic carbocycles. The molecule has 1 aliphatic heterocycles. The Bertz CT molecular complexity index is 721. The van der Waals surface area contributed by atoms with E-state index >= 15 is 0 Å². The molecule has 0 bridgehead atoms. The largest absolute Gasteiger partial charge is 0.481 e. The number of anilines is 1. The number of rotatable bonds is 4. The molecule has 0 aromatic heterocycles. The maximum absolute atomic E-state index is 12.1. The van der Waals surface area contributed by atoms with Crippen molar-refractivity contribution in [2.45, 2.75) is 102 Å². The van der Waals surface area contributed by atoms with E-state index in [1.54, 1.807) is 4.90 Å². The minimum Gasteiger partial charge on any atom is -0.481 e. The van der Waals surface area contributed by atoms with Crippen LogP contribution in [-0.4, -0.2) is 29.1 Å². The number of carbonyl (C=O) groups is 2. The zero-order valence-corrected chi connectivity index (χ0v) is 19.1. The second kappa shape index (κ2) is 11.7. The van der Waals surface area contributed by atoms with Crippen molar-refractivity contribution < 1.29 is 14.7 Å². The highest BCUT2D eigenvalue weighted by Crippen LogP contribution is 2.37. The molecule has 0 saturated heterocycles. The third-order valence-electron chi connectivity index (χ3n) is 7.48. The van der Waals surface area contributed by atoms with Crippen molar-refractivity contribution in [3.63, 3.8) is 0 Å². The maximum Gasteiger partial charge on any atom is 0.303 e. The summed E-state index contributed by atoms with van der Waals surface area (Å²) in [5.74, 6) is 1.08. The number of nitrogens with zero attached hydrogens (tertiary/aromatic N) is 1. The first kappa shape index (κ1) is 23.8. The van der Waals surface area contributed by atoms with Gasteiger partial charge in [-0.1, -0.05) is 50.3 Å². The Morgan fingerprint density at radius 2 is 1.58 bits per heavy atom. The number of benzene rings is 1. The van der Waals surface area contributed by atoms with Crippen LogP contribution in [-0.2, 0) is 16.0 Å². The number of carboxylic acids is 1. The number of carboxylic acid groups (broad SMARTS) is 1. The lowest BCUT2D eigenvalue weighted by Gasteiger charge is -2.35. The lowest BCUT2D eigenvalue weighted by Crippen LogP contribution is -2.42. The molecule has 1 unspecified atom stereocenters. The van der Waals surface area contributed by atoms with Crippen molar-refractivity contribution in [1.82, 2.24) is 0 Å². The van der Waals surface area contributed by atoms with Gasteiger partial charge in [0.25, 0.3) is 0 Å². The van der Waals surface area contributed by atoms with E-state index in [4.69, 9.17) is 10.8 Å². The second-order valence-electron chi connectivity index (χ2n) is 9.75. The Hall–Kier alpha value is -1.88. The molecule has 0 spiro atoms. The van der Waals surface area contributed by atoms with Crippen LogP contribution in [0.2, 0.25) is 0 Å². The average Bonchev–Trinajstić information content (AvgIpc) is 2.79. The van der Waals surface area contributed by atoms with Crippen molar-refractivity contribution in [2.75, 3.05) is 4.90 Å². The van der Waals surface area contributed by atoms with E-state index in [0.29, 0.717) is 6.04 Å². The third kappa shape index (κ3) is 6.80. The fourth-order valence-electron chi connectivity index (χ4n) is 5.62. The SMILES string of the molecule is CC1CCc2ccccc2N1C(=O)CCC(=O)O.NC1CCC(C2CCCCC2)CC1. The van der Waals surface area contributed by atoms with Crippen molar-refractivity contribution in [1.29, 1.82) is 0 Å². The molecule has 3 N–H and O–H groups in total. The van der Waals surface area contributed by atoms with Gasteiger partial charge in [-0.3, -0.25) is 9.59 Å². The first-order chi connectivity index (χ1) is 15.0. The summed E-state index contributed by atoms with van der Waals surface area (Å²) in [5, 5.41) is 8.65. The predicted molar refractivity (Wildman–Crippen MR) is 125 cm³/mol. The van der Waals surface area contributed by atoms with Crippen LogP contribution in [0.5, 0.6) is 0 Å². The van der Waals surface area contributed by atoms with Crippen LogP contribution < -0.4 is 10.6 Å². The number of carbonyl (C=O) groups excluding carboxylic acids is 1. The molecule has 3 aliphatic rings. The fourth-order valence-corrected chi connectivity index (χ4v) is 5.62. The van der Waals surface area contributed by atoms with Gasteiger partial charge in [0.1, 0.15) is 0 Å². The quantitative estimate of drug-likeness (QED) is 0.681. The van der Waals surface area contributed by atoms with Gasteiger partial charge in [0.05, 0.1) is 6.42 Å². The van der Waals surface area contributed by atoms with Crippen LogP contribution in [0.4, 0.5) is 5.69 Å². The first-order valence-corrected chi connectivity index (χ1v) is 12.3. The molecule has 1 atom stereocenters. The van der Waals surface area contributed by atoms with E-state index in [1.807, 2.05) is 31.2 Å². The van der Waals surface area contributed by atoms with Gasteiger partial charge in [-0.25, -0.2) is 0 Å². The topological polar surface area (TPSA) is 83.6 Å². The van der Waals surface area contributed by atoms with Crippen molar-refractivity contribution in [3.8, 4) is 0 Å². The van der Waals surface area contributed by atoms with E-state index in [-0.39, 0.29) is 24.8 Å². The van der Waals surface area contributed by atoms with Gasteiger partial charge in [0.15, 0.2) is 0 Å². The Kier molecular flexibility index (Phi) is 8.94. The summed E-state index contributed by atoms with van der Waals surface area (Å²) in [6, 6.07) is 8.51. The molecule has 2 aliphatic carbocycles. The average molecular weight is 429 g/mol. The maximum atomic E-state index is 12.1. The van der Waals surface area contributed by atoms with Gasteiger partial charge < -0.3 is 15.7 Å². The molecule has 5 nitrogen and oxygen atoms in total. The Labute approximate surface area is 187 Å². The van der Waals surface area contributed by atoms with Gasteiger partial charge in [0.2, 0.25) is 5.91 Å². The van der Waals surface area contributed by atoms with E-state index in [9.17, 15) is 9.59 Å². The highest BCUT2D eigenvalue weighted by atomic mass is 16.4. The summed E-state index contributed by atoms with van der Waals surface area (Å²) in [4.78, 5) is 24.4. The molecular weight excluding hydrogens is 388 g/mol. The number of aryl methyl sites for hydroxylation is 1. The number of aliphatic carboxylic acids is 1.